The van der Waals surface area contributed by atoms with Crippen LogP contribution >= 0.6 is 0 Å². The summed E-state index contributed by atoms with van der Waals surface area (Å²) in [6, 6.07) is 10.9. The fourth-order valence-electron chi connectivity index (χ4n) is 3.58. The van der Waals surface area contributed by atoms with Gasteiger partial charge in [0.1, 0.15) is 23.9 Å². The Balaban J connectivity index is 1.92. The molecule has 6 nitrogen and oxygen atoms in total. The van der Waals surface area contributed by atoms with E-state index in [1.54, 1.807) is 30.3 Å². The molecule has 0 unspecified atom stereocenters. The van der Waals surface area contributed by atoms with Crippen molar-refractivity contribution in [3.05, 3.63) is 40.6 Å². The first-order chi connectivity index (χ1) is 12.2. The molecule has 1 aliphatic carbocycles. The molecule has 1 aromatic rings. The number of fused-ring (bicyclic) bond motifs is 1. The molecule has 0 spiro atoms. The number of rotatable bonds is 3. The second-order valence-electron chi connectivity index (χ2n) is 6.27. The molecule has 1 aliphatic heterocycles. The van der Waals surface area contributed by atoms with Gasteiger partial charge in [-0.3, -0.25) is 4.79 Å². The number of nitrogens with one attached hydrogen (secondary N) is 1. The van der Waals surface area contributed by atoms with Crippen LogP contribution in [0.4, 0.5) is 5.69 Å². The molecule has 0 radical (unpaired) electrons. The number of amides is 1. The second kappa shape index (κ2) is 7.07. The predicted molar refractivity (Wildman–Crippen MR) is 90.7 cm³/mol. The van der Waals surface area contributed by atoms with Crippen LogP contribution < -0.4 is 5.32 Å². The van der Waals surface area contributed by atoms with Crippen LogP contribution in [0, 0.1) is 34.0 Å². The quantitative estimate of drug-likeness (QED) is 0.856. The van der Waals surface area contributed by atoms with Gasteiger partial charge < -0.3 is 10.2 Å². The number of nitriles is 3. The fourth-order valence-corrected chi connectivity index (χ4v) is 3.58. The summed E-state index contributed by atoms with van der Waals surface area (Å²) in [5, 5.41) is 30.0. The molecule has 1 saturated carbocycles. The zero-order valence-corrected chi connectivity index (χ0v) is 13.7. The van der Waals surface area contributed by atoms with Gasteiger partial charge in [0.05, 0.1) is 0 Å². The summed E-state index contributed by atoms with van der Waals surface area (Å²) in [6.07, 6.45) is 5.56. The lowest BCUT2D eigenvalue weighted by atomic mass is 9.94. The molecule has 1 heterocycles. The average molecular weight is 331 g/mol. The van der Waals surface area contributed by atoms with Gasteiger partial charge in [-0.15, -0.1) is 0 Å². The van der Waals surface area contributed by atoms with E-state index in [9.17, 15) is 10.1 Å². The molecule has 0 aromatic heterocycles. The van der Waals surface area contributed by atoms with Crippen molar-refractivity contribution in [1.29, 1.82) is 15.8 Å². The number of allylic oxidation sites excluding steroid dienone is 2. The maximum atomic E-state index is 12.8. The van der Waals surface area contributed by atoms with E-state index in [1.807, 2.05) is 11.0 Å². The zero-order valence-electron chi connectivity index (χ0n) is 13.7. The summed E-state index contributed by atoms with van der Waals surface area (Å²) in [6.45, 7) is 0.495. The molecule has 2 aliphatic rings. The maximum Gasteiger partial charge on any atom is 0.254 e. The van der Waals surface area contributed by atoms with Gasteiger partial charge >= 0.3 is 0 Å². The molecule has 124 valence electrons. The highest BCUT2D eigenvalue weighted by Gasteiger charge is 2.34. The number of carbonyl (C=O) groups excluding carboxylic acids is 1. The van der Waals surface area contributed by atoms with Crippen molar-refractivity contribution in [3.63, 3.8) is 0 Å². The van der Waals surface area contributed by atoms with Crippen LogP contribution in [0.15, 0.2) is 29.5 Å². The monoisotopic (exact) mass is 331 g/mol. The second-order valence-corrected chi connectivity index (χ2v) is 6.27. The molecular weight excluding hydrogens is 314 g/mol. The third-order valence-electron chi connectivity index (χ3n) is 4.86. The van der Waals surface area contributed by atoms with Crippen molar-refractivity contribution in [2.45, 2.75) is 44.7 Å². The number of hydrogen-bond donors (Lipinski definition) is 1. The molecule has 0 bridgehead atoms. The normalized spacial score (nSPS) is 16.4. The molecule has 1 amide bonds. The predicted octanol–water partition coefficient (Wildman–Crippen LogP) is 3.21. The molecule has 3 rings (SSSR count). The van der Waals surface area contributed by atoms with Gasteiger partial charge in [0, 0.05) is 29.4 Å². The minimum Gasteiger partial charge on any atom is -0.345 e. The Morgan fingerprint density at radius 2 is 1.80 bits per heavy atom. The molecule has 1 fully saturated rings. The van der Waals surface area contributed by atoms with Crippen molar-refractivity contribution in [3.8, 4) is 18.2 Å². The Labute approximate surface area is 146 Å². The molecule has 0 saturated heterocycles. The average Bonchev–Trinajstić information content (AvgIpc) is 3.00. The van der Waals surface area contributed by atoms with E-state index in [-0.39, 0.29) is 23.2 Å². The number of carbonyl (C=O) groups is 1. The topological polar surface area (TPSA) is 104 Å². The summed E-state index contributed by atoms with van der Waals surface area (Å²) in [7, 11) is 0. The Kier molecular flexibility index (Phi) is 4.68. The summed E-state index contributed by atoms with van der Waals surface area (Å²) in [5.74, 6) is 0.0221. The fraction of sp³-hybridized carbons (Fsp3) is 0.368. The number of benzene rings is 1. The van der Waals surface area contributed by atoms with Crippen molar-refractivity contribution in [2.75, 3.05) is 5.32 Å². The van der Waals surface area contributed by atoms with Gasteiger partial charge in [0.15, 0.2) is 5.57 Å². The first kappa shape index (κ1) is 16.6. The van der Waals surface area contributed by atoms with Crippen LogP contribution in [0.5, 0.6) is 0 Å². The first-order valence-corrected chi connectivity index (χ1v) is 8.34. The van der Waals surface area contributed by atoms with Gasteiger partial charge in [-0.25, -0.2) is 0 Å². The van der Waals surface area contributed by atoms with Gasteiger partial charge in [-0.05, 0) is 25.0 Å². The van der Waals surface area contributed by atoms with E-state index >= 15 is 0 Å². The highest BCUT2D eigenvalue weighted by molar-refractivity contribution is 6.00. The van der Waals surface area contributed by atoms with E-state index < -0.39 is 0 Å². The number of nitrogens with zero attached hydrogens (tertiary/aromatic N) is 4. The van der Waals surface area contributed by atoms with Crippen molar-refractivity contribution in [2.24, 2.45) is 0 Å². The van der Waals surface area contributed by atoms with Crippen LogP contribution in [-0.2, 0) is 6.54 Å². The summed E-state index contributed by atoms with van der Waals surface area (Å²) < 4.78 is 0. The molecule has 25 heavy (non-hydrogen) atoms. The van der Waals surface area contributed by atoms with Gasteiger partial charge in [-0.1, -0.05) is 25.3 Å². The van der Waals surface area contributed by atoms with E-state index in [0.29, 0.717) is 17.8 Å². The van der Waals surface area contributed by atoms with Crippen molar-refractivity contribution >= 4 is 11.6 Å². The molecule has 6 heteroatoms. The van der Waals surface area contributed by atoms with E-state index in [0.717, 1.165) is 31.2 Å². The molecular formula is C19H17N5O. The molecule has 0 atom stereocenters. The SMILES string of the molecule is N#CC(C#N)=C(C#N)Nc1cccc2c1CN(C1CCCCC1)C2=O. The number of anilines is 1. The summed E-state index contributed by atoms with van der Waals surface area (Å²) in [5.41, 5.74) is 1.68. The van der Waals surface area contributed by atoms with Gasteiger partial charge in [-0.2, -0.15) is 15.8 Å². The third kappa shape index (κ3) is 3.05. The van der Waals surface area contributed by atoms with Crippen LogP contribution in [0.2, 0.25) is 0 Å². The highest BCUT2D eigenvalue weighted by atomic mass is 16.2. The lowest BCUT2D eigenvalue weighted by Crippen LogP contribution is -2.36. The van der Waals surface area contributed by atoms with Crippen LogP contribution in [0.25, 0.3) is 0 Å². The molecule has 1 N–H and O–H groups in total. The smallest absolute Gasteiger partial charge is 0.254 e. The largest absolute Gasteiger partial charge is 0.345 e. The Morgan fingerprint density at radius 3 is 2.44 bits per heavy atom. The minimum absolute atomic E-state index is 0.0221. The third-order valence-corrected chi connectivity index (χ3v) is 4.86. The maximum absolute atomic E-state index is 12.8. The zero-order chi connectivity index (χ0) is 17.8. The van der Waals surface area contributed by atoms with Crippen LogP contribution in [0.3, 0.4) is 0 Å². The van der Waals surface area contributed by atoms with Gasteiger partial charge in [0.2, 0.25) is 0 Å². The molecule has 1 aromatic carbocycles. The lowest BCUT2D eigenvalue weighted by Gasteiger charge is -2.31. The number of hydrogen-bond acceptors (Lipinski definition) is 5. The van der Waals surface area contributed by atoms with E-state index in [1.165, 1.54) is 6.42 Å². The Hall–Kier alpha value is -3.30. The summed E-state index contributed by atoms with van der Waals surface area (Å²) >= 11 is 0. The minimum atomic E-state index is -0.270. The van der Waals surface area contributed by atoms with Crippen molar-refractivity contribution < 1.29 is 4.79 Å². The van der Waals surface area contributed by atoms with Crippen LogP contribution in [-0.4, -0.2) is 16.8 Å². The highest BCUT2D eigenvalue weighted by Crippen LogP contribution is 2.34. The lowest BCUT2D eigenvalue weighted by molar-refractivity contribution is 0.0660. The van der Waals surface area contributed by atoms with E-state index in [4.69, 9.17) is 10.5 Å². The first-order valence-electron chi connectivity index (χ1n) is 8.34. The van der Waals surface area contributed by atoms with E-state index in [2.05, 4.69) is 5.32 Å². The Morgan fingerprint density at radius 1 is 1.08 bits per heavy atom. The standard InChI is InChI=1S/C19H17N5O/c20-9-13(10-21)18(11-22)23-17-8-4-7-15-16(17)12-24(19(15)25)14-5-2-1-3-6-14/h4,7-8,14,23H,1-3,5-6,12H2. The van der Waals surface area contributed by atoms with Crippen LogP contribution in [0.1, 0.15) is 48.0 Å². The van der Waals surface area contributed by atoms with Gasteiger partial charge in [0.25, 0.3) is 5.91 Å². The summed E-state index contributed by atoms with van der Waals surface area (Å²) in [4.78, 5) is 14.7. The van der Waals surface area contributed by atoms with Crippen molar-refractivity contribution in [1.82, 2.24) is 4.90 Å². The Bertz CT molecular complexity index is 843.